The largest absolute Gasteiger partial charge is 0.411 e. The van der Waals surface area contributed by atoms with Crippen molar-refractivity contribution in [2.24, 2.45) is 11.1 Å². The lowest BCUT2D eigenvalue weighted by molar-refractivity contribution is -0.902. The lowest BCUT2D eigenvalue weighted by atomic mass is 9.87. The molecule has 3 rings (SSSR count). The van der Waals surface area contributed by atoms with E-state index in [2.05, 4.69) is 5.16 Å². The zero-order chi connectivity index (χ0) is 6.97. The fourth-order valence-electron chi connectivity index (χ4n) is 2.05. The molecule has 0 radical (unpaired) electrons. The molecule has 0 atom stereocenters. The first-order chi connectivity index (χ1) is 4.90. The number of fused-ring (bicyclic) bond motifs is 3. The number of nitrogens with one attached hydrogen (secondary N) is 1. The molecule has 10 heavy (non-hydrogen) atoms. The van der Waals surface area contributed by atoms with Crippen LogP contribution < -0.4 is 4.90 Å². The van der Waals surface area contributed by atoms with Gasteiger partial charge < -0.3 is 10.1 Å². The van der Waals surface area contributed by atoms with Crippen LogP contribution >= 0.6 is 0 Å². The van der Waals surface area contributed by atoms with E-state index in [1.54, 1.807) is 4.90 Å². The van der Waals surface area contributed by atoms with Crippen LogP contribution in [0.15, 0.2) is 5.16 Å². The number of piperidine rings is 3. The van der Waals surface area contributed by atoms with Crippen molar-refractivity contribution in [3.8, 4) is 0 Å². The summed E-state index contributed by atoms with van der Waals surface area (Å²) in [6.45, 7) is 3.55. The van der Waals surface area contributed by atoms with Crippen LogP contribution in [0.2, 0.25) is 0 Å². The smallest absolute Gasteiger partial charge is 0.120 e. The van der Waals surface area contributed by atoms with Gasteiger partial charge in [0.1, 0.15) is 12.3 Å². The highest BCUT2D eigenvalue weighted by Crippen LogP contribution is 2.14. The Balaban J connectivity index is 2.15. The monoisotopic (exact) mass is 141 g/mol. The summed E-state index contributed by atoms with van der Waals surface area (Å²) in [5, 5.41) is 11.9. The quantitative estimate of drug-likeness (QED) is 0.334. The summed E-state index contributed by atoms with van der Waals surface area (Å²) in [5.41, 5.74) is 1.03. The van der Waals surface area contributed by atoms with Gasteiger partial charge in [0, 0.05) is 18.8 Å². The third-order valence-corrected chi connectivity index (χ3v) is 2.72. The van der Waals surface area contributed by atoms with Gasteiger partial charge in [0.2, 0.25) is 0 Å². The Hall–Kier alpha value is -0.570. The minimum atomic E-state index is 0.613. The molecular weight excluding hydrogens is 128 g/mol. The van der Waals surface area contributed by atoms with Gasteiger partial charge in [-0.2, -0.15) is 0 Å². The molecule has 56 valence electrons. The van der Waals surface area contributed by atoms with Gasteiger partial charge in [0.05, 0.1) is 13.1 Å². The van der Waals surface area contributed by atoms with Crippen molar-refractivity contribution in [3.63, 3.8) is 0 Å². The molecule has 3 heteroatoms. The number of nitrogens with zero attached hydrogens (tertiary/aromatic N) is 1. The van der Waals surface area contributed by atoms with E-state index in [-0.39, 0.29) is 0 Å². The Morgan fingerprint density at radius 1 is 1.40 bits per heavy atom. The SMILES string of the molecule is O/N=C1/C[NH+]2CCC1CC2. The Morgan fingerprint density at radius 2 is 2.10 bits per heavy atom. The van der Waals surface area contributed by atoms with Crippen molar-refractivity contribution in [1.82, 2.24) is 0 Å². The summed E-state index contributed by atoms with van der Waals surface area (Å²) in [7, 11) is 0. The molecule has 0 spiro atoms. The number of hydrogen-bond acceptors (Lipinski definition) is 2. The van der Waals surface area contributed by atoms with Crippen LogP contribution in [0.4, 0.5) is 0 Å². The standard InChI is InChI=1S/C7H12N2O/c10-8-7-5-9-3-1-6(7)2-4-9/h6,10H,1-5H2/p+1/b8-7-. The van der Waals surface area contributed by atoms with Crippen LogP contribution in [0.5, 0.6) is 0 Å². The predicted octanol–water partition coefficient (Wildman–Crippen LogP) is -0.875. The van der Waals surface area contributed by atoms with Gasteiger partial charge in [-0.15, -0.1) is 0 Å². The van der Waals surface area contributed by atoms with E-state index in [4.69, 9.17) is 5.21 Å². The van der Waals surface area contributed by atoms with Crippen molar-refractivity contribution in [3.05, 3.63) is 0 Å². The molecule has 0 aromatic rings. The number of quaternary nitrogens is 1. The Kier molecular flexibility index (Phi) is 1.38. The van der Waals surface area contributed by atoms with Crippen LogP contribution in [-0.2, 0) is 0 Å². The fourth-order valence-corrected chi connectivity index (χ4v) is 2.05. The highest BCUT2D eigenvalue weighted by molar-refractivity contribution is 5.87. The number of oxime groups is 1. The summed E-state index contributed by atoms with van der Waals surface area (Å²) in [5.74, 6) is 0.613. The van der Waals surface area contributed by atoms with Crippen molar-refractivity contribution < 1.29 is 10.1 Å². The maximum Gasteiger partial charge on any atom is 0.120 e. The maximum absolute atomic E-state index is 8.59. The first kappa shape index (κ1) is 6.16. The van der Waals surface area contributed by atoms with Gasteiger partial charge in [-0.25, -0.2) is 0 Å². The Morgan fingerprint density at radius 3 is 2.40 bits per heavy atom. The summed E-state index contributed by atoms with van der Waals surface area (Å²) < 4.78 is 0. The first-order valence-corrected chi connectivity index (χ1v) is 3.94. The molecule has 3 fully saturated rings. The van der Waals surface area contributed by atoms with Crippen LogP contribution in [0.3, 0.4) is 0 Å². The van der Waals surface area contributed by atoms with E-state index >= 15 is 0 Å². The van der Waals surface area contributed by atoms with E-state index < -0.39 is 0 Å². The topological polar surface area (TPSA) is 37.0 Å². The molecule has 0 unspecified atom stereocenters. The minimum Gasteiger partial charge on any atom is -0.411 e. The predicted molar refractivity (Wildman–Crippen MR) is 37.5 cm³/mol. The average molecular weight is 141 g/mol. The summed E-state index contributed by atoms with van der Waals surface area (Å²) >= 11 is 0. The third kappa shape index (κ3) is 0.814. The Labute approximate surface area is 60.3 Å². The Bertz CT molecular complexity index is 159. The highest BCUT2D eigenvalue weighted by atomic mass is 16.4. The maximum atomic E-state index is 8.59. The van der Waals surface area contributed by atoms with Gasteiger partial charge in [0.15, 0.2) is 0 Å². The summed E-state index contributed by atoms with van der Waals surface area (Å²) in [4.78, 5) is 1.59. The summed E-state index contributed by atoms with van der Waals surface area (Å²) in [6, 6.07) is 0. The van der Waals surface area contributed by atoms with Crippen molar-refractivity contribution in [1.29, 1.82) is 0 Å². The molecule has 0 aromatic heterocycles. The normalized spacial score (nSPS) is 42.6. The third-order valence-electron chi connectivity index (χ3n) is 2.72. The second kappa shape index (κ2) is 2.23. The van der Waals surface area contributed by atoms with E-state index in [1.165, 1.54) is 25.9 Å². The van der Waals surface area contributed by atoms with Crippen molar-refractivity contribution in [2.75, 3.05) is 19.6 Å². The van der Waals surface area contributed by atoms with E-state index in [9.17, 15) is 0 Å². The zero-order valence-corrected chi connectivity index (χ0v) is 6.01. The summed E-state index contributed by atoms with van der Waals surface area (Å²) in [6.07, 6.45) is 2.46. The molecule has 3 aliphatic heterocycles. The molecule has 3 aliphatic rings. The van der Waals surface area contributed by atoms with Crippen LogP contribution in [0.1, 0.15) is 12.8 Å². The molecule has 2 N–H and O–H groups in total. The van der Waals surface area contributed by atoms with Gasteiger partial charge in [-0.3, -0.25) is 0 Å². The molecule has 0 aromatic carbocycles. The number of rotatable bonds is 0. The van der Waals surface area contributed by atoms with Crippen LogP contribution in [-0.4, -0.2) is 30.6 Å². The van der Waals surface area contributed by atoms with Gasteiger partial charge in [-0.1, -0.05) is 5.16 Å². The average Bonchev–Trinajstić information content (AvgIpc) is 2.06. The molecule has 3 nitrogen and oxygen atoms in total. The molecular formula is C7H13N2O+. The first-order valence-electron chi connectivity index (χ1n) is 3.94. The molecule has 0 amide bonds. The van der Waals surface area contributed by atoms with Crippen molar-refractivity contribution in [2.45, 2.75) is 12.8 Å². The van der Waals surface area contributed by atoms with E-state index in [0.29, 0.717) is 5.92 Å². The molecule has 0 saturated carbocycles. The van der Waals surface area contributed by atoms with Crippen molar-refractivity contribution >= 4 is 5.71 Å². The second-order valence-electron chi connectivity index (χ2n) is 3.29. The van der Waals surface area contributed by atoms with E-state index in [0.717, 1.165) is 12.3 Å². The zero-order valence-electron chi connectivity index (χ0n) is 6.01. The van der Waals surface area contributed by atoms with E-state index in [1.807, 2.05) is 0 Å². The lowest BCUT2D eigenvalue weighted by Gasteiger charge is -2.35. The molecule has 2 bridgehead atoms. The van der Waals surface area contributed by atoms with Gasteiger partial charge in [0.25, 0.3) is 0 Å². The number of hydrogen-bond donors (Lipinski definition) is 2. The highest BCUT2D eigenvalue weighted by Gasteiger charge is 2.34. The van der Waals surface area contributed by atoms with Gasteiger partial charge >= 0.3 is 0 Å². The van der Waals surface area contributed by atoms with Crippen LogP contribution in [0, 0.1) is 5.92 Å². The van der Waals surface area contributed by atoms with Gasteiger partial charge in [-0.05, 0) is 0 Å². The molecule has 3 saturated heterocycles. The fraction of sp³-hybridized carbons (Fsp3) is 0.857. The molecule has 0 aliphatic carbocycles. The lowest BCUT2D eigenvalue weighted by Crippen LogP contribution is -3.16. The second-order valence-corrected chi connectivity index (χ2v) is 3.29. The van der Waals surface area contributed by atoms with Crippen LogP contribution in [0.25, 0.3) is 0 Å². The minimum absolute atomic E-state index is 0.613. The molecule has 3 heterocycles.